The summed E-state index contributed by atoms with van der Waals surface area (Å²) in [6.45, 7) is 4.87. The third-order valence-electron chi connectivity index (χ3n) is 5.20. The Bertz CT molecular complexity index is 1200. The average molecular weight is 622 g/mol. The van der Waals surface area contributed by atoms with Crippen LogP contribution in [-0.4, -0.2) is 12.5 Å². The maximum atomic E-state index is 12.5. The Hall–Kier alpha value is -2.28. The van der Waals surface area contributed by atoms with E-state index in [1.54, 1.807) is 6.08 Å². The van der Waals surface area contributed by atoms with Crippen LogP contribution in [0.3, 0.4) is 0 Å². The number of ether oxygens (including phenoxy) is 2. The number of rotatable bonds is 11. The highest BCUT2D eigenvalue weighted by molar-refractivity contribution is 9.11. The van der Waals surface area contributed by atoms with Crippen molar-refractivity contribution in [3.05, 3.63) is 91.3 Å². The topological polar surface area (TPSA) is 47.6 Å². The van der Waals surface area contributed by atoms with Gasteiger partial charge in [0.25, 0.3) is 0 Å². The Labute approximate surface area is 228 Å². The van der Waals surface area contributed by atoms with Gasteiger partial charge in [0, 0.05) is 21.1 Å². The third kappa shape index (κ3) is 8.13. The number of carbonyl (C=O) groups is 1. The van der Waals surface area contributed by atoms with Crippen molar-refractivity contribution in [2.24, 2.45) is 0 Å². The van der Waals surface area contributed by atoms with Crippen LogP contribution in [0.4, 0.5) is 5.69 Å². The molecular weight excluding hydrogens is 594 g/mol. The summed E-state index contributed by atoms with van der Waals surface area (Å²) in [5.41, 5.74) is 3.67. The summed E-state index contributed by atoms with van der Waals surface area (Å²) in [5.74, 6) is 0.944. The fourth-order valence-corrected chi connectivity index (χ4v) is 4.69. The lowest BCUT2D eigenvalue weighted by atomic mass is 10.1. The van der Waals surface area contributed by atoms with Gasteiger partial charge in [-0.05, 0) is 99.2 Å². The van der Waals surface area contributed by atoms with E-state index in [2.05, 4.69) is 50.2 Å². The summed E-state index contributed by atoms with van der Waals surface area (Å²) in [6, 6.07) is 17.3. The van der Waals surface area contributed by atoms with E-state index in [1.165, 1.54) is 11.6 Å². The van der Waals surface area contributed by atoms with Crippen LogP contribution in [0.1, 0.15) is 43.4 Å². The SMILES string of the molecule is CCCCc1ccc(NC(=O)/C=C/c2cc(Br)c(OCc3ccccc3Cl)c(OCC)c2)c(Br)c1. The van der Waals surface area contributed by atoms with Gasteiger partial charge >= 0.3 is 0 Å². The smallest absolute Gasteiger partial charge is 0.248 e. The zero-order chi connectivity index (χ0) is 25.2. The van der Waals surface area contributed by atoms with E-state index in [0.717, 1.165) is 45.0 Å². The van der Waals surface area contributed by atoms with Crippen molar-refractivity contribution < 1.29 is 14.3 Å². The molecule has 0 atom stereocenters. The van der Waals surface area contributed by atoms with E-state index in [4.69, 9.17) is 21.1 Å². The fraction of sp³-hybridized carbons (Fsp3) is 0.250. The number of carbonyl (C=O) groups excluding carboxylic acids is 1. The second-order valence-corrected chi connectivity index (χ2v) is 10.00. The van der Waals surface area contributed by atoms with Gasteiger partial charge in [0.1, 0.15) is 6.61 Å². The summed E-state index contributed by atoms with van der Waals surface area (Å²) in [7, 11) is 0. The van der Waals surface area contributed by atoms with Crippen LogP contribution in [-0.2, 0) is 17.8 Å². The molecule has 0 aromatic heterocycles. The highest BCUT2D eigenvalue weighted by atomic mass is 79.9. The Morgan fingerprint density at radius 1 is 1.03 bits per heavy atom. The van der Waals surface area contributed by atoms with Gasteiger partial charge in [-0.2, -0.15) is 0 Å². The molecule has 4 nitrogen and oxygen atoms in total. The number of aryl methyl sites for hydroxylation is 1. The second kappa shape index (κ2) is 13.7. The molecule has 0 unspecified atom stereocenters. The van der Waals surface area contributed by atoms with E-state index < -0.39 is 0 Å². The van der Waals surface area contributed by atoms with Gasteiger partial charge in [-0.1, -0.05) is 49.2 Å². The first-order valence-electron chi connectivity index (χ1n) is 11.5. The molecule has 1 N–H and O–H groups in total. The van der Waals surface area contributed by atoms with E-state index in [0.29, 0.717) is 29.7 Å². The second-order valence-electron chi connectivity index (χ2n) is 7.88. The van der Waals surface area contributed by atoms with E-state index in [9.17, 15) is 4.79 Å². The first-order valence-corrected chi connectivity index (χ1v) is 13.5. The van der Waals surface area contributed by atoms with Crippen molar-refractivity contribution >= 4 is 61.1 Å². The lowest BCUT2D eigenvalue weighted by Crippen LogP contribution is -2.08. The van der Waals surface area contributed by atoms with Crippen LogP contribution >= 0.6 is 43.5 Å². The normalized spacial score (nSPS) is 11.0. The van der Waals surface area contributed by atoms with Crippen LogP contribution in [0.15, 0.2) is 69.6 Å². The Balaban J connectivity index is 1.70. The molecule has 3 aromatic rings. The van der Waals surface area contributed by atoms with Gasteiger partial charge in [-0.25, -0.2) is 0 Å². The lowest BCUT2D eigenvalue weighted by Gasteiger charge is -2.15. The number of amides is 1. The number of hydrogen-bond acceptors (Lipinski definition) is 3. The predicted octanol–water partition coefficient (Wildman–Crippen LogP) is 8.84. The lowest BCUT2D eigenvalue weighted by molar-refractivity contribution is -0.111. The largest absolute Gasteiger partial charge is 0.490 e. The molecule has 0 saturated carbocycles. The minimum atomic E-state index is -0.222. The van der Waals surface area contributed by atoms with Crippen molar-refractivity contribution in [3.8, 4) is 11.5 Å². The maximum absolute atomic E-state index is 12.5. The first-order chi connectivity index (χ1) is 16.9. The number of hydrogen-bond donors (Lipinski definition) is 1. The van der Waals surface area contributed by atoms with Gasteiger partial charge in [0.2, 0.25) is 5.91 Å². The van der Waals surface area contributed by atoms with E-state index in [1.807, 2.05) is 55.5 Å². The molecule has 7 heteroatoms. The number of nitrogens with one attached hydrogen (secondary N) is 1. The molecule has 0 saturated heterocycles. The highest BCUT2D eigenvalue weighted by Gasteiger charge is 2.13. The van der Waals surface area contributed by atoms with Crippen molar-refractivity contribution in [1.29, 1.82) is 0 Å². The predicted molar refractivity (Wildman–Crippen MR) is 152 cm³/mol. The van der Waals surface area contributed by atoms with Gasteiger partial charge in [-0.15, -0.1) is 0 Å². The van der Waals surface area contributed by atoms with Crippen LogP contribution in [0.2, 0.25) is 5.02 Å². The standard InChI is InChI=1S/C28H28Br2ClNO3/c1-3-5-8-19-11-13-25(22(29)15-19)32-27(33)14-12-20-16-23(30)28(26(17-20)34-4-2)35-18-21-9-6-7-10-24(21)31/h6-7,9-17H,3-5,8,18H2,1-2H3,(H,32,33)/b14-12+. The fourth-order valence-electron chi connectivity index (χ4n) is 3.40. The van der Waals surface area contributed by atoms with Crippen LogP contribution < -0.4 is 14.8 Å². The molecular formula is C28H28Br2ClNO3. The summed E-state index contributed by atoms with van der Waals surface area (Å²) < 4.78 is 13.4. The third-order valence-corrected chi connectivity index (χ3v) is 6.81. The highest BCUT2D eigenvalue weighted by Crippen LogP contribution is 2.38. The van der Waals surface area contributed by atoms with Gasteiger partial charge in [0.15, 0.2) is 11.5 Å². The molecule has 0 heterocycles. The van der Waals surface area contributed by atoms with Gasteiger partial charge in [-0.3, -0.25) is 4.79 Å². The molecule has 3 aromatic carbocycles. The van der Waals surface area contributed by atoms with Crippen molar-refractivity contribution in [2.45, 2.75) is 39.7 Å². The molecule has 1 amide bonds. The molecule has 0 aliphatic heterocycles. The number of anilines is 1. The Morgan fingerprint density at radius 3 is 2.54 bits per heavy atom. The van der Waals surface area contributed by atoms with Crippen molar-refractivity contribution in [2.75, 3.05) is 11.9 Å². The van der Waals surface area contributed by atoms with Crippen LogP contribution in [0, 0.1) is 0 Å². The van der Waals surface area contributed by atoms with Crippen molar-refractivity contribution in [1.82, 2.24) is 0 Å². The van der Waals surface area contributed by atoms with E-state index in [-0.39, 0.29) is 5.91 Å². The molecule has 0 fully saturated rings. The number of unbranched alkanes of at least 4 members (excludes halogenated alkanes) is 1. The first kappa shape index (κ1) is 27.3. The Morgan fingerprint density at radius 2 is 1.83 bits per heavy atom. The molecule has 35 heavy (non-hydrogen) atoms. The summed E-state index contributed by atoms with van der Waals surface area (Å²) in [4.78, 5) is 12.5. The molecule has 0 aliphatic carbocycles. The van der Waals surface area contributed by atoms with Crippen LogP contribution in [0.5, 0.6) is 11.5 Å². The minimum Gasteiger partial charge on any atom is -0.490 e. The van der Waals surface area contributed by atoms with Crippen LogP contribution in [0.25, 0.3) is 6.08 Å². The van der Waals surface area contributed by atoms with E-state index >= 15 is 0 Å². The maximum Gasteiger partial charge on any atom is 0.248 e. The number of halogens is 3. The molecule has 0 bridgehead atoms. The summed E-state index contributed by atoms with van der Waals surface area (Å²) in [6.07, 6.45) is 6.56. The molecule has 0 radical (unpaired) electrons. The van der Waals surface area contributed by atoms with Crippen molar-refractivity contribution in [3.63, 3.8) is 0 Å². The average Bonchev–Trinajstić information content (AvgIpc) is 2.83. The zero-order valence-corrected chi connectivity index (χ0v) is 23.7. The summed E-state index contributed by atoms with van der Waals surface area (Å²) >= 11 is 13.4. The number of benzene rings is 3. The quantitative estimate of drug-likeness (QED) is 0.218. The molecule has 0 aliphatic rings. The summed E-state index contributed by atoms with van der Waals surface area (Å²) in [5, 5.41) is 3.57. The molecule has 3 rings (SSSR count). The minimum absolute atomic E-state index is 0.222. The zero-order valence-electron chi connectivity index (χ0n) is 19.7. The monoisotopic (exact) mass is 619 g/mol. The van der Waals surface area contributed by atoms with Gasteiger partial charge < -0.3 is 14.8 Å². The Kier molecular flexibility index (Phi) is 10.7. The molecule has 184 valence electrons. The van der Waals surface area contributed by atoms with Gasteiger partial charge in [0.05, 0.1) is 16.8 Å². The molecule has 0 spiro atoms.